The molecule has 0 unspecified atom stereocenters. The standard InChI is InChI=1S/C4H4BN2O/c1-2-6-4-3(1)8-7-5-4/h1-2,6-7H. The number of hydrogen-bond acceptors (Lipinski definition) is 2. The highest BCUT2D eigenvalue weighted by atomic mass is 16.6. The summed E-state index contributed by atoms with van der Waals surface area (Å²) in [5.74, 6) is 0.866. The smallest absolute Gasteiger partial charge is 0.320 e. The summed E-state index contributed by atoms with van der Waals surface area (Å²) in [6, 6.07) is 1.87. The van der Waals surface area contributed by atoms with Crippen LogP contribution in [0.15, 0.2) is 12.3 Å². The first-order valence-corrected chi connectivity index (χ1v) is 2.40. The van der Waals surface area contributed by atoms with Crippen LogP contribution in [0.4, 0.5) is 0 Å². The van der Waals surface area contributed by atoms with Gasteiger partial charge in [0.05, 0.1) is 0 Å². The number of H-pyrrole nitrogens is 1. The van der Waals surface area contributed by atoms with E-state index in [4.69, 9.17) is 4.84 Å². The molecule has 0 saturated heterocycles. The van der Waals surface area contributed by atoms with Crippen molar-refractivity contribution in [2.24, 2.45) is 0 Å². The second-order valence-corrected chi connectivity index (χ2v) is 1.62. The molecule has 2 rings (SSSR count). The Kier molecular flexibility index (Phi) is 0.650. The van der Waals surface area contributed by atoms with E-state index in [2.05, 4.69) is 10.4 Å². The quantitative estimate of drug-likeness (QED) is 0.424. The van der Waals surface area contributed by atoms with E-state index in [0.717, 1.165) is 11.3 Å². The van der Waals surface area contributed by atoms with Crippen molar-refractivity contribution < 1.29 is 4.84 Å². The van der Waals surface area contributed by atoms with Crippen LogP contribution >= 0.6 is 0 Å². The highest BCUT2D eigenvalue weighted by Gasteiger charge is 2.12. The number of hydrogen-bond donors (Lipinski definition) is 2. The van der Waals surface area contributed by atoms with Crippen LogP contribution in [0.3, 0.4) is 0 Å². The van der Waals surface area contributed by atoms with Crippen LogP contribution in [0, 0.1) is 0 Å². The van der Waals surface area contributed by atoms with Crippen LogP contribution in [-0.4, -0.2) is 12.4 Å². The maximum Gasteiger partial charge on any atom is 0.320 e. The normalized spacial score (nSPS) is 14.5. The van der Waals surface area contributed by atoms with Crippen LogP contribution in [0.1, 0.15) is 0 Å². The number of aromatic nitrogens is 1. The molecular formula is C4H4BN2O. The van der Waals surface area contributed by atoms with Crippen molar-refractivity contribution in [3.8, 4) is 5.75 Å². The Labute approximate surface area is 47.3 Å². The Morgan fingerprint density at radius 3 is 3.50 bits per heavy atom. The van der Waals surface area contributed by atoms with Crippen LogP contribution in [0.2, 0.25) is 0 Å². The average Bonchev–Trinajstić information content (AvgIpc) is 2.15. The van der Waals surface area contributed by atoms with E-state index in [9.17, 15) is 0 Å². The van der Waals surface area contributed by atoms with Gasteiger partial charge in [0.15, 0.2) is 5.75 Å². The summed E-state index contributed by atoms with van der Waals surface area (Å²) < 4.78 is 0. The van der Waals surface area contributed by atoms with Crippen molar-refractivity contribution in [2.45, 2.75) is 0 Å². The molecule has 0 fully saturated rings. The summed E-state index contributed by atoms with van der Waals surface area (Å²) in [4.78, 5) is 7.88. The largest absolute Gasteiger partial charge is 0.420 e. The molecule has 0 amide bonds. The number of aromatic amines is 1. The fourth-order valence-corrected chi connectivity index (χ4v) is 0.722. The predicted octanol–water partition coefficient (Wildman–Crippen LogP) is -0.844. The summed E-state index contributed by atoms with van der Waals surface area (Å²) in [7, 11) is 1.77. The van der Waals surface area contributed by atoms with Crippen molar-refractivity contribution in [2.75, 3.05) is 0 Å². The molecule has 0 spiro atoms. The van der Waals surface area contributed by atoms with Gasteiger partial charge in [0, 0.05) is 11.8 Å². The Morgan fingerprint density at radius 1 is 1.62 bits per heavy atom. The zero-order valence-electron chi connectivity index (χ0n) is 4.14. The van der Waals surface area contributed by atoms with E-state index in [0.29, 0.717) is 0 Å². The molecule has 1 aromatic rings. The van der Waals surface area contributed by atoms with Crippen molar-refractivity contribution in [3.63, 3.8) is 0 Å². The average molecular weight is 107 g/mol. The predicted molar refractivity (Wildman–Crippen MR) is 29.9 cm³/mol. The van der Waals surface area contributed by atoms with Gasteiger partial charge in [-0.3, -0.25) is 0 Å². The molecule has 0 aromatic carbocycles. The molecule has 0 saturated carbocycles. The van der Waals surface area contributed by atoms with Crippen LogP contribution < -0.4 is 15.8 Å². The molecule has 39 valence electrons. The second-order valence-electron chi connectivity index (χ2n) is 1.62. The molecule has 0 bridgehead atoms. The fraction of sp³-hybridized carbons (Fsp3) is 0. The van der Waals surface area contributed by atoms with Gasteiger partial charge < -0.3 is 9.82 Å². The maximum atomic E-state index is 4.90. The van der Waals surface area contributed by atoms with E-state index in [1.54, 1.807) is 7.41 Å². The minimum atomic E-state index is 0.866. The third-order valence-corrected chi connectivity index (χ3v) is 1.11. The Bertz CT molecular complexity index is 179. The van der Waals surface area contributed by atoms with Gasteiger partial charge in [-0.15, -0.1) is 0 Å². The molecule has 2 heterocycles. The molecule has 0 aliphatic carbocycles. The topological polar surface area (TPSA) is 37.0 Å². The monoisotopic (exact) mass is 107 g/mol. The van der Waals surface area contributed by atoms with Gasteiger partial charge in [-0.2, -0.15) is 5.39 Å². The third-order valence-electron chi connectivity index (χ3n) is 1.11. The minimum absolute atomic E-state index is 0.866. The molecule has 3 nitrogen and oxygen atoms in total. The molecule has 2 N–H and O–H groups in total. The van der Waals surface area contributed by atoms with Crippen LogP contribution in [0.5, 0.6) is 5.75 Å². The molecule has 1 radical (unpaired) electrons. The lowest BCUT2D eigenvalue weighted by atomic mass is 9.92. The van der Waals surface area contributed by atoms with Gasteiger partial charge in [0.1, 0.15) is 0 Å². The summed E-state index contributed by atoms with van der Waals surface area (Å²) in [6.07, 6.45) is 1.84. The van der Waals surface area contributed by atoms with E-state index in [1.807, 2.05) is 12.3 Å². The van der Waals surface area contributed by atoms with Gasteiger partial charge in [0.25, 0.3) is 0 Å². The second kappa shape index (κ2) is 1.29. The van der Waals surface area contributed by atoms with Crippen molar-refractivity contribution in [1.82, 2.24) is 10.4 Å². The van der Waals surface area contributed by atoms with Crippen molar-refractivity contribution in [3.05, 3.63) is 12.3 Å². The van der Waals surface area contributed by atoms with E-state index in [1.165, 1.54) is 0 Å². The third kappa shape index (κ3) is 0.377. The lowest BCUT2D eigenvalue weighted by molar-refractivity contribution is 0.289. The SMILES string of the molecule is [B]1NOc2cc[nH]c21. The summed E-state index contributed by atoms with van der Waals surface area (Å²) in [5, 5.41) is 2.61. The molecule has 1 aliphatic rings. The lowest BCUT2D eigenvalue weighted by Gasteiger charge is -1.88. The number of fused-ring (bicyclic) bond motifs is 1. The number of rotatable bonds is 0. The molecule has 0 atom stereocenters. The zero-order chi connectivity index (χ0) is 5.40. The highest BCUT2D eigenvalue weighted by Crippen LogP contribution is 2.05. The maximum absolute atomic E-state index is 4.90. The molecule has 1 aliphatic heterocycles. The lowest BCUT2D eigenvalue weighted by Crippen LogP contribution is -2.22. The van der Waals surface area contributed by atoms with Crippen LogP contribution in [0.25, 0.3) is 0 Å². The first kappa shape index (κ1) is 4.03. The molecule has 4 heteroatoms. The summed E-state index contributed by atoms with van der Waals surface area (Å²) >= 11 is 0. The highest BCUT2D eigenvalue weighted by molar-refractivity contribution is 6.51. The van der Waals surface area contributed by atoms with Gasteiger partial charge in [0.2, 0.25) is 0 Å². The Morgan fingerprint density at radius 2 is 2.62 bits per heavy atom. The Balaban J connectivity index is 2.54. The fourth-order valence-electron chi connectivity index (χ4n) is 0.722. The van der Waals surface area contributed by atoms with E-state index >= 15 is 0 Å². The Hall–Kier alpha value is -0.895. The van der Waals surface area contributed by atoms with E-state index in [-0.39, 0.29) is 0 Å². The first-order valence-electron chi connectivity index (χ1n) is 2.40. The van der Waals surface area contributed by atoms with Crippen LogP contribution in [-0.2, 0) is 0 Å². The summed E-state index contributed by atoms with van der Waals surface area (Å²) in [6.45, 7) is 0. The first-order chi connectivity index (χ1) is 3.97. The summed E-state index contributed by atoms with van der Waals surface area (Å²) in [5.41, 5.74) is 1.00. The van der Waals surface area contributed by atoms with Gasteiger partial charge in [-0.25, -0.2) is 0 Å². The molecule has 1 aromatic heterocycles. The minimum Gasteiger partial charge on any atom is -0.420 e. The molecule has 8 heavy (non-hydrogen) atoms. The van der Waals surface area contributed by atoms with E-state index < -0.39 is 0 Å². The van der Waals surface area contributed by atoms with Crippen molar-refractivity contribution in [1.29, 1.82) is 0 Å². The van der Waals surface area contributed by atoms with Gasteiger partial charge in [-0.1, -0.05) is 0 Å². The van der Waals surface area contributed by atoms with Gasteiger partial charge in [-0.05, 0) is 6.07 Å². The van der Waals surface area contributed by atoms with Gasteiger partial charge >= 0.3 is 7.41 Å². The van der Waals surface area contributed by atoms with Crippen molar-refractivity contribution >= 4 is 13.0 Å². The zero-order valence-corrected chi connectivity index (χ0v) is 4.14. The number of nitrogens with one attached hydrogen (secondary N) is 2. The molecular weight excluding hydrogens is 103 g/mol.